The van der Waals surface area contributed by atoms with Gasteiger partial charge in [0.1, 0.15) is 10.8 Å². The Morgan fingerprint density at radius 1 is 1.36 bits per heavy atom. The van der Waals surface area contributed by atoms with Crippen LogP contribution in [0.3, 0.4) is 0 Å². The molecule has 0 atom stereocenters. The van der Waals surface area contributed by atoms with E-state index in [4.69, 9.17) is 5.73 Å². The standard InChI is InChI=1S/C15H17FN4OS/c16-11-5-2-1-4-10(11)15(7-8-15)13(21)18-9-3-6-12-19-20-14(17)22-12/h1-2,4-5H,3,6-9H2,(H2,17,20)(H,18,21). The maximum absolute atomic E-state index is 13.9. The van der Waals surface area contributed by atoms with Gasteiger partial charge >= 0.3 is 0 Å². The average molecular weight is 320 g/mol. The van der Waals surface area contributed by atoms with Gasteiger partial charge in [0.25, 0.3) is 0 Å². The smallest absolute Gasteiger partial charge is 0.230 e. The van der Waals surface area contributed by atoms with Gasteiger partial charge in [0.15, 0.2) is 0 Å². The quantitative estimate of drug-likeness (QED) is 0.798. The first kappa shape index (κ1) is 14.9. The predicted octanol–water partition coefficient (Wildman–Crippen LogP) is 2.04. The number of hydrogen-bond acceptors (Lipinski definition) is 5. The predicted molar refractivity (Wildman–Crippen MR) is 83.0 cm³/mol. The van der Waals surface area contributed by atoms with Gasteiger partial charge < -0.3 is 11.1 Å². The Kier molecular flexibility index (Phi) is 4.06. The lowest BCUT2D eigenvalue weighted by Gasteiger charge is -2.16. The highest BCUT2D eigenvalue weighted by Crippen LogP contribution is 2.49. The minimum atomic E-state index is -0.668. The van der Waals surface area contributed by atoms with Crippen molar-refractivity contribution in [2.75, 3.05) is 12.3 Å². The number of aromatic nitrogens is 2. The maximum atomic E-state index is 13.9. The van der Waals surface area contributed by atoms with Gasteiger partial charge in [-0.2, -0.15) is 0 Å². The topological polar surface area (TPSA) is 80.9 Å². The van der Waals surface area contributed by atoms with Crippen molar-refractivity contribution in [3.05, 3.63) is 40.7 Å². The number of benzene rings is 1. The molecule has 3 rings (SSSR count). The van der Waals surface area contributed by atoms with E-state index in [1.54, 1.807) is 18.2 Å². The van der Waals surface area contributed by atoms with Crippen LogP contribution in [0.4, 0.5) is 9.52 Å². The third-order valence-electron chi connectivity index (χ3n) is 3.91. The average Bonchev–Trinajstić information content (AvgIpc) is 3.21. The Morgan fingerprint density at radius 3 is 2.77 bits per heavy atom. The molecule has 0 spiro atoms. The third kappa shape index (κ3) is 2.94. The van der Waals surface area contributed by atoms with Gasteiger partial charge in [0.05, 0.1) is 5.41 Å². The SMILES string of the molecule is Nc1nnc(CCCNC(=O)C2(c3ccccc3F)CC2)s1. The maximum Gasteiger partial charge on any atom is 0.230 e. The summed E-state index contributed by atoms with van der Waals surface area (Å²) in [5, 5.41) is 11.9. The largest absolute Gasteiger partial charge is 0.374 e. The number of anilines is 1. The summed E-state index contributed by atoms with van der Waals surface area (Å²) in [5.74, 6) is -0.395. The van der Waals surface area contributed by atoms with E-state index in [-0.39, 0.29) is 11.7 Å². The molecule has 1 aliphatic rings. The highest BCUT2D eigenvalue weighted by Gasteiger charge is 2.52. The van der Waals surface area contributed by atoms with Gasteiger partial charge in [0.2, 0.25) is 11.0 Å². The van der Waals surface area contributed by atoms with Crippen molar-refractivity contribution in [3.63, 3.8) is 0 Å². The highest BCUT2D eigenvalue weighted by atomic mass is 32.1. The van der Waals surface area contributed by atoms with E-state index in [0.717, 1.165) is 17.8 Å². The van der Waals surface area contributed by atoms with Gasteiger partial charge in [-0.1, -0.05) is 29.5 Å². The highest BCUT2D eigenvalue weighted by molar-refractivity contribution is 7.15. The molecule has 5 nitrogen and oxygen atoms in total. The van der Waals surface area contributed by atoms with Crippen LogP contribution in [0, 0.1) is 5.82 Å². The lowest BCUT2D eigenvalue weighted by atomic mass is 9.94. The molecule has 22 heavy (non-hydrogen) atoms. The van der Waals surface area contributed by atoms with Gasteiger partial charge in [-0.05, 0) is 25.3 Å². The van der Waals surface area contributed by atoms with Crippen molar-refractivity contribution in [2.45, 2.75) is 31.1 Å². The summed E-state index contributed by atoms with van der Waals surface area (Å²) in [6, 6.07) is 6.51. The molecule has 1 aromatic carbocycles. The van der Waals surface area contributed by atoms with Gasteiger partial charge in [0, 0.05) is 18.5 Å². The zero-order chi connectivity index (χ0) is 15.6. The molecule has 1 heterocycles. The lowest BCUT2D eigenvalue weighted by molar-refractivity contribution is -0.123. The normalized spacial score (nSPS) is 15.5. The molecule has 0 saturated heterocycles. The number of hydrogen-bond donors (Lipinski definition) is 2. The molecule has 7 heteroatoms. The van der Waals surface area contributed by atoms with Crippen LogP contribution in [-0.4, -0.2) is 22.6 Å². The summed E-state index contributed by atoms with van der Waals surface area (Å²) < 4.78 is 13.9. The van der Waals surface area contributed by atoms with E-state index in [1.807, 2.05) is 0 Å². The molecule has 1 fully saturated rings. The number of carbonyl (C=O) groups excluding carboxylic acids is 1. The first-order chi connectivity index (χ1) is 10.6. The molecule has 1 amide bonds. The lowest BCUT2D eigenvalue weighted by Crippen LogP contribution is -2.36. The van der Waals surface area contributed by atoms with Crippen LogP contribution >= 0.6 is 11.3 Å². The molecule has 1 aromatic heterocycles. The Bertz CT molecular complexity index is 684. The fourth-order valence-electron chi connectivity index (χ4n) is 2.57. The van der Waals surface area contributed by atoms with E-state index in [2.05, 4.69) is 15.5 Å². The van der Waals surface area contributed by atoms with Crippen LogP contribution < -0.4 is 11.1 Å². The van der Waals surface area contributed by atoms with Crippen LogP contribution in [-0.2, 0) is 16.6 Å². The monoisotopic (exact) mass is 320 g/mol. The van der Waals surface area contributed by atoms with Crippen molar-refractivity contribution in [3.8, 4) is 0 Å². The van der Waals surface area contributed by atoms with Crippen LogP contribution in [0.1, 0.15) is 29.8 Å². The molecule has 116 valence electrons. The first-order valence-corrected chi connectivity index (χ1v) is 8.05. The summed E-state index contributed by atoms with van der Waals surface area (Å²) in [5.41, 5.74) is 5.35. The minimum Gasteiger partial charge on any atom is -0.374 e. The van der Waals surface area contributed by atoms with Crippen molar-refractivity contribution < 1.29 is 9.18 Å². The van der Waals surface area contributed by atoms with Crippen molar-refractivity contribution in [1.82, 2.24) is 15.5 Å². The molecule has 3 N–H and O–H groups in total. The minimum absolute atomic E-state index is 0.0885. The molecule has 1 saturated carbocycles. The van der Waals surface area contributed by atoms with Gasteiger partial charge in [-0.3, -0.25) is 4.79 Å². The summed E-state index contributed by atoms with van der Waals surface area (Å²) in [7, 11) is 0. The van der Waals surface area contributed by atoms with E-state index in [9.17, 15) is 9.18 Å². The number of halogens is 1. The molecule has 0 unspecified atom stereocenters. The Morgan fingerprint density at radius 2 is 2.14 bits per heavy atom. The van der Waals surface area contributed by atoms with Gasteiger partial charge in [-0.25, -0.2) is 4.39 Å². The molecular formula is C15H17FN4OS. The number of rotatable bonds is 6. The summed E-state index contributed by atoms with van der Waals surface area (Å²) in [6.45, 7) is 0.536. The number of nitrogen functional groups attached to an aromatic ring is 1. The van der Waals surface area contributed by atoms with Gasteiger partial charge in [-0.15, -0.1) is 10.2 Å². The van der Waals surface area contributed by atoms with Crippen LogP contribution in [0.5, 0.6) is 0 Å². The molecule has 1 aliphatic carbocycles. The van der Waals surface area contributed by atoms with Crippen LogP contribution in [0.2, 0.25) is 0 Å². The summed E-state index contributed by atoms with van der Waals surface area (Å²) in [4.78, 5) is 12.4. The number of amides is 1. The second-order valence-electron chi connectivity index (χ2n) is 5.46. The Balaban J connectivity index is 1.53. The number of nitrogens with one attached hydrogen (secondary N) is 1. The Hall–Kier alpha value is -2.02. The van der Waals surface area contributed by atoms with Crippen LogP contribution in [0.15, 0.2) is 24.3 Å². The number of nitrogens with two attached hydrogens (primary N) is 1. The van der Waals surface area contributed by atoms with E-state index in [1.165, 1.54) is 17.4 Å². The van der Waals surface area contributed by atoms with Crippen molar-refractivity contribution >= 4 is 22.4 Å². The molecule has 0 radical (unpaired) electrons. The van der Waals surface area contributed by atoms with E-state index < -0.39 is 5.41 Å². The molecular weight excluding hydrogens is 303 g/mol. The summed E-state index contributed by atoms with van der Waals surface area (Å²) in [6.07, 6.45) is 2.88. The second kappa shape index (κ2) is 6.00. The molecule has 0 aliphatic heterocycles. The number of aryl methyl sites for hydroxylation is 1. The second-order valence-corrected chi connectivity index (χ2v) is 6.55. The third-order valence-corrected chi connectivity index (χ3v) is 4.72. The zero-order valence-corrected chi connectivity index (χ0v) is 12.8. The Labute approximate surface area is 131 Å². The van der Waals surface area contributed by atoms with Crippen molar-refractivity contribution in [2.24, 2.45) is 0 Å². The number of carbonyl (C=O) groups is 1. The summed E-state index contributed by atoms with van der Waals surface area (Å²) >= 11 is 1.36. The van der Waals surface area contributed by atoms with Crippen LogP contribution in [0.25, 0.3) is 0 Å². The van der Waals surface area contributed by atoms with E-state index in [0.29, 0.717) is 30.1 Å². The fraction of sp³-hybridized carbons (Fsp3) is 0.400. The fourth-order valence-corrected chi connectivity index (χ4v) is 3.22. The molecule has 2 aromatic rings. The van der Waals surface area contributed by atoms with E-state index >= 15 is 0 Å². The molecule has 0 bridgehead atoms. The first-order valence-electron chi connectivity index (χ1n) is 7.23. The van der Waals surface area contributed by atoms with Crippen molar-refractivity contribution in [1.29, 1.82) is 0 Å². The zero-order valence-electron chi connectivity index (χ0n) is 12.0. The number of nitrogens with zero attached hydrogens (tertiary/aromatic N) is 2.